The van der Waals surface area contributed by atoms with E-state index in [1.54, 1.807) is 42.5 Å². The maximum absolute atomic E-state index is 13.5. The smallest absolute Gasteiger partial charge is 0.338 e. The molecule has 7 heteroatoms. The Morgan fingerprint density at radius 2 is 1.57 bits per heavy atom. The largest absolute Gasteiger partial charge is 0.507 e. The van der Waals surface area contributed by atoms with Crippen LogP contribution in [0, 0.1) is 13.8 Å². The van der Waals surface area contributed by atoms with E-state index in [-0.39, 0.29) is 17.9 Å². The Bertz CT molecular complexity index is 1710. The van der Waals surface area contributed by atoms with Crippen molar-refractivity contribution in [3.05, 3.63) is 142 Å². The number of benzene rings is 4. The summed E-state index contributed by atoms with van der Waals surface area (Å²) in [6.07, 6.45) is 0.726. The number of carbonyl (C=O) groups is 3. The number of esters is 1. The van der Waals surface area contributed by atoms with Crippen LogP contribution in [0.25, 0.3) is 5.76 Å². The predicted octanol–water partition coefficient (Wildman–Crippen LogP) is 7.07. The Morgan fingerprint density at radius 1 is 0.841 bits per heavy atom. The number of aryl methyl sites for hydroxylation is 2. The van der Waals surface area contributed by atoms with Crippen LogP contribution in [0.2, 0.25) is 0 Å². The Labute approximate surface area is 257 Å². The van der Waals surface area contributed by atoms with E-state index in [1.807, 2.05) is 75.4 Å². The van der Waals surface area contributed by atoms with Crippen molar-refractivity contribution in [2.75, 3.05) is 6.61 Å². The van der Waals surface area contributed by atoms with Gasteiger partial charge in [0.05, 0.1) is 23.8 Å². The molecule has 1 amide bonds. The van der Waals surface area contributed by atoms with Crippen LogP contribution in [0.4, 0.5) is 0 Å². The summed E-state index contributed by atoms with van der Waals surface area (Å²) in [6.45, 7) is 6.57. The molecule has 1 unspecified atom stereocenters. The average molecular weight is 590 g/mol. The molecule has 5 rings (SSSR count). The highest BCUT2D eigenvalue weighted by atomic mass is 16.5. The molecular weight excluding hydrogens is 554 g/mol. The van der Waals surface area contributed by atoms with E-state index in [9.17, 15) is 19.5 Å². The summed E-state index contributed by atoms with van der Waals surface area (Å²) >= 11 is 0. The van der Waals surface area contributed by atoms with Crippen molar-refractivity contribution in [1.29, 1.82) is 0 Å². The molecule has 224 valence electrons. The molecule has 1 heterocycles. The number of rotatable bonds is 10. The zero-order valence-electron chi connectivity index (χ0n) is 25.1. The van der Waals surface area contributed by atoms with Gasteiger partial charge >= 0.3 is 5.97 Å². The van der Waals surface area contributed by atoms with Gasteiger partial charge in [0.2, 0.25) is 0 Å². The van der Waals surface area contributed by atoms with E-state index < -0.39 is 23.7 Å². The lowest BCUT2D eigenvalue weighted by Crippen LogP contribution is -2.29. The van der Waals surface area contributed by atoms with Crippen molar-refractivity contribution in [3.8, 4) is 5.75 Å². The number of aliphatic hydroxyl groups excluding tert-OH is 1. The first kappa shape index (κ1) is 30.3. The summed E-state index contributed by atoms with van der Waals surface area (Å²) in [7, 11) is 0. The molecule has 0 radical (unpaired) electrons. The minimum absolute atomic E-state index is 0.0257. The second kappa shape index (κ2) is 13.4. The highest BCUT2D eigenvalue weighted by Gasteiger charge is 2.46. The molecule has 0 aromatic heterocycles. The summed E-state index contributed by atoms with van der Waals surface area (Å²) in [4.78, 5) is 40.8. The van der Waals surface area contributed by atoms with Gasteiger partial charge in [-0.15, -0.1) is 0 Å². The van der Waals surface area contributed by atoms with Crippen molar-refractivity contribution in [3.63, 3.8) is 0 Å². The SMILES string of the molecule is CCCOC(=O)c1ccc(CN2C(=O)C(=O)/C(=C(\O)c3ccc(OCc4ccccc4)c(C)c3)C2c2cccc(C)c2)cc1. The molecule has 0 spiro atoms. The fraction of sp³-hybridized carbons (Fsp3) is 0.216. The molecule has 0 bridgehead atoms. The topological polar surface area (TPSA) is 93.1 Å². The van der Waals surface area contributed by atoms with E-state index >= 15 is 0 Å². The number of hydrogen-bond donors (Lipinski definition) is 1. The standard InChI is InChI=1S/C37H35NO6/c1-4-19-43-37(42)28-15-13-26(14-16-28)22-38-33(29-12-8-9-24(2)20-29)32(35(40)36(38)41)34(39)30-17-18-31(25(3)21-30)44-23-27-10-6-5-7-11-27/h5-18,20-21,33,39H,4,19,22-23H2,1-3H3/b34-32-. The van der Waals surface area contributed by atoms with Crippen LogP contribution in [0.1, 0.15) is 63.1 Å². The molecule has 0 saturated carbocycles. The number of ether oxygens (including phenoxy) is 2. The maximum Gasteiger partial charge on any atom is 0.338 e. The quantitative estimate of drug-likeness (QED) is 0.0921. The van der Waals surface area contributed by atoms with Crippen molar-refractivity contribution in [2.24, 2.45) is 0 Å². The van der Waals surface area contributed by atoms with Gasteiger partial charge in [0, 0.05) is 12.1 Å². The van der Waals surface area contributed by atoms with Gasteiger partial charge in [-0.3, -0.25) is 9.59 Å². The summed E-state index contributed by atoms with van der Waals surface area (Å²) in [5.74, 6) is -1.46. The minimum atomic E-state index is -0.807. The Kier molecular flexibility index (Phi) is 9.24. The molecule has 4 aromatic carbocycles. The summed E-state index contributed by atoms with van der Waals surface area (Å²) in [5.41, 5.74) is 5.06. The van der Waals surface area contributed by atoms with Crippen LogP contribution in [0.15, 0.2) is 103 Å². The zero-order chi connectivity index (χ0) is 31.2. The molecule has 1 saturated heterocycles. The van der Waals surface area contributed by atoms with E-state index in [0.717, 1.165) is 28.7 Å². The summed E-state index contributed by atoms with van der Waals surface area (Å²) in [5, 5.41) is 11.6. The first-order chi connectivity index (χ1) is 21.3. The third-order valence-corrected chi connectivity index (χ3v) is 7.56. The van der Waals surface area contributed by atoms with Gasteiger partial charge in [-0.2, -0.15) is 0 Å². The molecule has 0 aliphatic carbocycles. The number of Topliss-reactive ketones (excluding diaryl/α,β-unsaturated/α-hetero) is 1. The normalized spacial score (nSPS) is 15.8. The molecule has 1 fully saturated rings. The van der Waals surface area contributed by atoms with E-state index in [2.05, 4.69) is 0 Å². The second-order valence-corrected chi connectivity index (χ2v) is 10.9. The second-order valence-electron chi connectivity index (χ2n) is 10.9. The van der Waals surface area contributed by atoms with Crippen molar-refractivity contribution >= 4 is 23.4 Å². The summed E-state index contributed by atoms with van der Waals surface area (Å²) in [6, 6.07) is 28.6. The fourth-order valence-electron chi connectivity index (χ4n) is 5.30. The number of carbonyl (C=O) groups excluding carboxylic acids is 3. The van der Waals surface area contributed by atoms with Gasteiger partial charge in [0.15, 0.2) is 0 Å². The molecule has 1 aliphatic rings. The van der Waals surface area contributed by atoms with Gasteiger partial charge in [0.1, 0.15) is 18.1 Å². The number of hydrogen-bond acceptors (Lipinski definition) is 6. The van der Waals surface area contributed by atoms with Crippen LogP contribution in [-0.4, -0.2) is 34.3 Å². The summed E-state index contributed by atoms with van der Waals surface area (Å²) < 4.78 is 11.2. The van der Waals surface area contributed by atoms with Crippen molar-refractivity contribution in [2.45, 2.75) is 46.4 Å². The van der Waals surface area contributed by atoms with Crippen LogP contribution in [0.3, 0.4) is 0 Å². The fourth-order valence-corrected chi connectivity index (χ4v) is 5.30. The average Bonchev–Trinajstić information content (AvgIpc) is 3.28. The molecule has 1 atom stereocenters. The number of ketones is 1. The molecule has 7 nitrogen and oxygen atoms in total. The van der Waals surface area contributed by atoms with E-state index in [4.69, 9.17) is 9.47 Å². The molecule has 44 heavy (non-hydrogen) atoms. The van der Waals surface area contributed by atoms with E-state index in [0.29, 0.717) is 35.7 Å². The van der Waals surface area contributed by atoms with Gasteiger partial charge < -0.3 is 19.5 Å². The van der Waals surface area contributed by atoms with Crippen molar-refractivity contribution < 1.29 is 29.0 Å². The molecular formula is C37H35NO6. The lowest BCUT2D eigenvalue weighted by atomic mass is 9.94. The monoisotopic (exact) mass is 589 g/mol. The number of aliphatic hydroxyl groups is 1. The molecule has 1 aliphatic heterocycles. The lowest BCUT2D eigenvalue weighted by molar-refractivity contribution is -0.140. The molecule has 1 N–H and O–H groups in total. The third kappa shape index (κ3) is 6.57. The number of likely N-dealkylation sites (tertiary alicyclic amines) is 1. The first-order valence-corrected chi connectivity index (χ1v) is 14.7. The van der Waals surface area contributed by atoms with Gasteiger partial charge in [-0.05, 0) is 72.9 Å². The highest BCUT2D eigenvalue weighted by Crippen LogP contribution is 2.41. The van der Waals surface area contributed by atoms with Crippen LogP contribution in [0.5, 0.6) is 5.75 Å². The minimum Gasteiger partial charge on any atom is -0.507 e. The zero-order valence-corrected chi connectivity index (χ0v) is 25.1. The first-order valence-electron chi connectivity index (χ1n) is 14.7. The van der Waals surface area contributed by atoms with Crippen LogP contribution in [-0.2, 0) is 27.5 Å². The van der Waals surface area contributed by atoms with Gasteiger partial charge in [0.25, 0.3) is 11.7 Å². The molecule has 4 aromatic rings. The predicted molar refractivity (Wildman–Crippen MR) is 168 cm³/mol. The van der Waals surface area contributed by atoms with Gasteiger partial charge in [-0.1, -0.05) is 79.2 Å². The van der Waals surface area contributed by atoms with Crippen LogP contribution >= 0.6 is 0 Å². The number of nitrogens with zero attached hydrogens (tertiary/aromatic N) is 1. The highest BCUT2D eigenvalue weighted by molar-refractivity contribution is 6.46. The van der Waals surface area contributed by atoms with Gasteiger partial charge in [-0.25, -0.2) is 4.79 Å². The lowest BCUT2D eigenvalue weighted by Gasteiger charge is -2.26. The van der Waals surface area contributed by atoms with Crippen molar-refractivity contribution in [1.82, 2.24) is 4.90 Å². The number of amides is 1. The van der Waals surface area contributed by atoms with E-state index in [1.165, 1.54) is 4.90 Å². The Hall–Kier alpha value is -5.17. The maximum atomic E-state index is 13.5. The third-order valence-electron chi connectivity index (χ3n) is 7.56. The Morgan fingerprint density at radius 3 is 2.25 bits per heavy atom. The van der Waals surface area contributed by atoms with Crippen LogP contribution < -0.4 is 4.74 Å². The Balaban J connectivity index is 1.47.